The van der Waals surface area contributed by atoms with Crippen molar-refractivity contribution in [2.75, 3.05) is 25.2 Å². The van der Waals surface area contributed by atoms with E-state index in [1.165, 1.54) is 18.2 Å². The number of hydrazine groups is 1. The molecule has 1 aromatic carbocycles. The van der Waals surface area contributed by atoms with Gasteiger partial charge in [0, 0.05) is 31.2 Å². The van der Waals surface area contributed by atoms with E-state index >= 15 is 0 Å². The molecule has 20 heavy (non-hydrogen) atoms. The zero-order valence-corrected chi connectivity index (χ0v) is 10.8. The van der Waals surface area contributed by atoms with Crippen LogP contribution in [0.25, 0.3) is 0 Å². The number of nitro benzene ring substituents is 1. The van der Waals surface area contributed by atoms with Crippen molar-refractivity contribution < 1.29 is 14.5 Å². The Kier molecular flexibility index (Phi) is 4.49. The summed E-state index contributed by atoms with van der Waals surface area (Å²) in [5.41, 5.74) is 2.70. The summed E-state index contributed by atoms with van der Waals surface area (Å²) in [5, 5.41) is 13.5. The van der Waals surface area contributed by atoms with Gasteiger partial charge in [0.2, 0.25) is 0 Å². The Morgan fingerprint density at radius 2 is 2.35 bits per heavy atom. The first-order valence-electron chi connectivity index (χ1n) is 6.23. The summed E-state index contributed by atoms with van der Waals surface area (Å²) in [6, 6.07) is 3.90. The second kappa shape index (κ2) is 6.31. The Morgan fingerprint density at radius 3 is 2.95 bits per heavy atom. The molecule has 2 rings (SSSR count). The highest BCUT2D eigenvalue weighted by atomic mass is 16.6. The molecule has 0 aromatic heterocycles. The number of nitrogens with one attached hydrogen (secondary N) is 2. The molecule has 1 atom stereocenters. The van der Waals surface area contributed by atoms with Crippen LogP contribution in [0.3, 0.4) is 0 Å². The third kappa shape index (κ3) is 3.22. The van der Waals surface area contributed by atoms with E-state index in [1.807, 2.05) is 0 Å². The Balaban J connectivity index is 2.10. The number of nitrogens with zero attached hydrogens (tertiary/aromatic N) is 1. The number of hydrogen-bond donors (Lipinski definition) is 3. The fourth-order valence-corrected chi connectivity index (χ4v) is 2.04. The maximum Gasteiger partial charge on any atom is 0.270 e. The van der Waals surface area contributed by atoms with Gasteiger partial charge < -0.3 is 15.5 Å². The summed E-state index contributed by atoms with van der Waals surface area (Å²) in [6.45, 7) is 1.80. The maximum absolute atomic E-state index is 12.1. The Bertz CT molecular complexity index is 514. The number of nitro groups is 1. The highest BCUT2D eigenvalue weighted by Gasteiger charge is 2.19. The predicted octanol–water partition coefficient (Wildman–Crippen LogP) is 0.647. The number of amides is 1. The third-order valence-corrected chi connectivity index (χ3v) is 3.19. The molecule has 0 spiro atoms. The van der Waals surface area contributed by atoms with Gasteiger partial charge in [0.15, 0.2) is 0 Å². The van der Waals surface area contributed by atoms with Crippen LogP contribution in [0, 0.1) is 16.0 Å². The van der Waals surface area contributed by atoms with Gasteiger partial charge in [-0.2, -0.15) is 0 Å². The summed E-state index contributed by atoms with van der Waals surface area (Å²) < 4.78 is 5.22. The SMILES string of the molecule is NNc1ccc([N+](=O)[O-])cc1C(=O)NCC1CCOC1. The number of non-ortho nitro benzene ring substituents is 1. The van der Waals surface area contributed by atoms with Crippen LogP contribution in [-0.4, -0.2) is 30.6 Å². The lowest BCUT2D eigenvalue weighted by atomic mass is 10.1. The van der Waals surface area contributed by atoms with Gasteiger partial charge in [-0.1, -0.05) is 0 Å². The van der Waals surface area contributed by atoms with Crippen molar-refractivity contribution >= 4 is 17.3 Å². The first kappa shape index (κ1) is 14.2. The monoisotopic (exact) mass is 280 g/mol. The minimum Gasteiger partial charge on any atom is -0.381 e. The quantitative estimate of drug-likeness (QED) is 0.414. The summed E-state index contributed by atoms with van der Waals surface area (Å²) in [7, 11) is 0. The molecule has 4 N–H and O–H groups in total. The number of carbonyl (C=O) groups is 1. The number of carbonyl (C=O) groups excluding carboxylic acids is 1. The van der Waals surface area contributed by atoms with Crippen LogP contribution >= 0.6 is 0 Å². The molecular weight excluding hydrogens is 264 g/mol. The largest absolute Gasteiger partial charge is 0.381 e. The van der Waals surface area contributed by atoms with E-state index in [0.29, 0.717) is 25.4 Å². The van der Waals surface area contributed by atoms with Gasteiger partial charge in [0.25, 0.3) is 11.6 Å². The molecule has 1 heterocycles. The van der Waals surface area contributed by atoms with E-state index < -0.39 is 10.8 Å². The Morgan fingerprint density at radius 1 is 1.55 bits per heavy atom. The summed E-state index contributed by atoms with van der Waals surface area (Å²) in [6.07, 6.45) is 0.900. The van der Waals surface area contributed by atoms with Crippen molar-refractivity contribution in [3.8, 4) is 0 Å². The zero-order chi connectivity index (χ0) is 14.5. The van der Waals surface area contributed by atoms with E-state index in [-0.39, 0.29) is 17.2 Å². The van der Waals surface area contributed by atoms with Crippen molar-refractivity contribution in [1.29, 1.82) is 0 Å². The van der Waals surface area contributed by atoms with Gasteiger partial charge in [-0.25, -0.2) is 0 Å². The number of benzene rings is 1. The van der Waals surface area contributed by atoms with Crippen molar-refractivity contribution in [1.82, 2.24) is 5.32 Å². The molecule has 0 saturated carbocycles. The highest BCUT2D eigenvalue weighted by molar-refractivity contribution is 6.00. The second-order valence-corrected chi connectivity index (χ2v) is 4.57. The standard InChI is InChI=1S/C12H16N4O4/c13-15-11-2-1-9(16(18)19)5-10(11)12(17)14-6-8-3-4-20-7-8/h1-2,5,8,15H,3-4,6-7,13H2,(H,14,17). The van der Waals surface area contributed by atoms with Crippen molar-refractivity contribution in [2.24, 2.45) is 11.8 Å². The van der Waals surface area contributed by atoms with Gasteiger partial charge >= 0.3 is 0 Å². The fourth-order valence-electron chi connectivity index (χ4n) is 2.04. The molecule has 1 aliphatic rings. The van der Waals surface area contributed by atoms with E-state index in [0.717, 1.165) is 6.42 Å². The van der Waals surface area contributed by atoms with Crippen LogP contribution in [0.5, 0.6) is 0 Å². The number of nitrogen functional groups attached to an aromatic ring is 1. The molecule has 0 bridgehead atoms. The molecule has 1 aromatic rings. The Labute approximate surface area is 115 Å². The van der Waals surface area contributed by atoms with Crippen molar-refractivity contribution in [3.63, 3.8) is 0 Å². The average Bonchev–Trinajstić information content (AvgIpc) is 2.97. The number of ether oxygens (including phenoxy) is 1. The first-order chi connectivity index (χ1) is 9.61. The number of hydrogen-bond acceptors (Lipinski definition) is 6. The number of nitrogens with two attached hydrogens (primary N) is 1. The predicted molar refractivity (Wildman–Crippen MR) is 72.2 cm³/mol. The molecule has 8 nitrogen and oxygen atoms in total. The summed E-state index contributed by atoms with van der Waals surface area (Å²) >= 11 is 0. The van der Waals surface area contributed by atoms with Crippen LogP contribution < -0.4 is 16.6 Å². The smallest absolute Gasteiger partial charge is 0.270 e. The molecular formula is C12H16N4O4. The molecule has 1 saturated heterocycles. The molecule has 8 heteroatoms. The van der Waals surface area contributed by atoms with Crippen molar-refractivity contribution in [2.45, 2.75) is 6.42 Å². The van der Waals surface area contributed by atoms with Crippen LogP contribution in [0.2, 0.25) is 0 Å². The number of anilines is 1. The zero-order valence-electron chi connectivity index (χ0n) is 10.8. The molecule has 1 fully saturated rings. The van der Waals surface area contributed by atoms with Crippen LogP contribution in [0.1, 0.15) is 16.8 Å². The fraction of sp³-hybridized carbons (Fsp3) is 0.417. The lowest BCUT2D eigenvalue weighted by molar-refractivity contribution is -0.384. The minimum atomic E-state index is -0.554. The average molecular weight is 280 g/mol. The second-order valence-electron chi connectivity index (χ2n) is 4.57. The molecule has 108 valence electrons. The molecule has 1 amide bonds. The van der Waals surface area contributed by atoms with Crippen molar-refractivity contribution in [3.05, 3.63) is 33.9 Å². The highest BCUT2D eigenvalue weighted by Crippen LogP contribution is 2.21. The van der Waals surface area contributed by atoms with E-state index in [1.54, 1.807) is 0 Å². The number of rotatable bonds is 5. The molecule has 0 aliphatic carbocycles. The lowest BCUT2D eigenvalue weighted by Gasteiger charge is -2.12. The lowest BCUT2D eigenvalue weighted by Crippen LogP contribution is -2.30. The topological polar surface area (TPSA) is 120 Å². The molecule has 0 radical (unpaired) electrons. The first-order valence-corrected chi connectivity index (χ1v) is 6.23. The molecule has 1 unspecified atom stereocenters. The Hall–Kier alpha value is -2.19. The maximum atomic E-state index is 12.1. The van der Waals surface area contributed by atoms with Gasteiger partial charge in [-0.05, 0) is 12.5 Å². The van der Waals surface area contributed by atoms with Gasteiger partial charge in [-0.15, -0.1) is 0 Å². The van der Waals surface area contributed by atoms with Gasteiger partial charge in [-0.3, -0.25) is 20.8 Å². The molecule has 1 aliphatic heterocycles. The summed E-state index contributed by atoms with van der Waals surface area (Å²) in [4.78, 5) is 22.3. The van der Waals surface area contributed by atoms with Crippen LogP contribution in [0.4, 0.5) is 11.4 Å². The van der Waals surface area contributed by atoms with E-state index in [9.17, 15) is 14.9 Å². The van der Waals surface area contributed by atoms with Crippen LogP contribution in [0.15, 0.2) is 18.2 Å². The van der Waals surface area contributed by atoms with Gasteiger partial charge in [0.1, 0.15) is 0 Å². The minimum absolute atomic E-state index is 0.153. The normalized spacial score (nSPS) is 17.8. The van der Waals surface area contributed by atoms with E-state index in [4.69, 9.17) is 10.6 Å². The van der Waals surface area contributed by atoms with Gasteiger partial charge in [0.05, 0.1) is 22.8 Å². The third-order valence-electron chi connectivity index (χ3n) is 3.19. The van der Waals surface area contributed by atoms with Crippen LogP contribution in [-0.2, 0) is 4.74 Å². The van der Waals surface area contributed by atoms with E-state index in [2.05, 4.69) is 10.7 Å². The summed E-state index contributed by atoms with van der Waals surface area (Å²) in [5.74, 6) is 5.20.